The van der Waals surface area contributed by atoms with Gasteiger partial charge in [-0.3, -0.25) is 9.69 Å². The van der Waals surface area contributed by atoms with E-state index >= 15 is 0 Å². The minimum atomic E-state index is -0.0684. The molecule has 0 spiro atoms. The summed E-state index contributed by atoms with van der Waals surface area (Å²) in [5, 5.41) is 5.43. The predicted molar refractivity (Wildman–Crippen MR) is 112 cm³/mol. The summed E-state index contributed by atoms with van der Waals surface area (Å²) < 4.78 is 5.55. The van der Waals surface area contributed by atoms with Gasteiger partial charge >= 0.3 is 0 Å². The normalized spacial score (nSPS) is 17.0. The van der Waals surface area contributed by atoms with Crippen molar-refractivity contribution in [2.45, 2.75) is 32.0 Å². The molecule has 0 bridgehead atoms. The number of likely N-dealkylation sites (tertiary alicyclic amines) is 1. The van der Waals surface area contributed by atoms with Gasteiger partial charge in [0.1, 0.15) is 5.75 Å². The average Bonchev–Trinajstić information content (AvgIpc) is 3.20. The van der Waals surface area contributed by atoms with Gasteiger partial charge < -0.3 is 10.1 Å². The molecule has 0 aliphatic carbocycles. The third-order valence-electron chi connectivity index (χ3n) is 5.55. The Labute approximate surface area is 166 Å². The SMILES string of the molecule is COc1ccc2ccccc2c1CNC(=O)C1CCCN1Cc1ccccc1. The van der Waals surface area contributed by atoms with Crippen molar-refractivity contribution >= 4 is 16.7 Å². The molecule has 3 aromatic rings. The Balaban J connectivity index is 1.47. The zero-order valence-corrected chi connectivity index (χ0v) is 16.2. The van der Waals surface area contributed by atoms with Gasteiger partial charge in [0, 0.05) is 18.7 Å². The Morgan fingerprint density at radius 1 is 1.07 bits per heavy atom. The number of carbonyl (C=O) groups is 1. The highest BCUT2D eigenvalue weighted by atomic mass is 16.5. The molecule has 3 aromatic carbocycles. The molecule has 1 fully saturated rings. The highest BCUT2D eigenvalue weighted by Gasteiger charge is 2.30. The van der Waals surface area contributed by atoms with E-state index < -0.39 is 0 Å². The van der Waals surface area contributed by atoms with Crippen LogP contribution in [0.5, 0.6) is 5.75 Å². The van der Waals surface area contributed by atoms with E-state index in [0.717, 1.165) is 48.0 Å². The zero-order chi connectivity index (χ0) is 19.3. The molecule has 4 nitrogen and oxygen atoms in total. The van der Waals surface area contributed by atoms with Crippen molar-refractivity contribution in [3.63, 3.8) is 0 Å². The molecule has 1 N–H and O–H groups in total. The van der Waals surface area contributed by atoms with Crippen LogP contribution in [0.4, 0.5) is 0 Å². The molecule has 0 aromatic heterocycles. The van der Waals surface area contributed by atoms with E-state index in [1.165, 1.54) is 5.56 Å². The first-order chi connectivity index (χ1) is 13.8. The zero-order valence-electron chi connectivity index (χ0n) is 16.2. The van der Waals surface area contributed by atoms with Crippen LogP contribution < -0.4 is 10.1 Å². The molecule has 4 rings (SSSR count). The van der Waals surface area contributed by atoms with Crippen molar-refractivity contribution in [1.29, 1.82) is 0 Å². The Morgan fingerprint density at radius 2 is 1.86 bits per heavy atom. The summed E-state index contributed by atoms with van der Waals surface area (Å²) in [6.45, 7) is 2.25. The topological polar surface area (TPSA) is 41.6 Å². The standard InChI is InChI=1S/C24H26N2O2/c1-28-23-14-13-19-10-5-6-11-20(19)21(23)16-25-24(27)22-12-7-15-26(22)17-18-8-3-2-4-9-18/h2-6,8-11,13-14,22H,7,12,15-17H2,1H3,(H,25,27). The maximum absolute atomic E-state index is 13.0. The van der Waals surface area contributed by atoms with Gasteiger partial charge in [0.2, 0.25) is 5.91 Å². The summed E-state index contributed by atoms with van der Waals surface area (Å²) in [5.41, 5.74) is 2.28. The number of nitrogens with one attached hydrogen (secondary N) is 1. The summed E-state index contributed by atoms with van der Waals surface area (Å²) >= 11 is 0. The van der Waals surface area contributed by atoms with Crippen LogP contribution in [0, 0.1) is 0 Å². The van der Waals surface area contributed by atoms with Crippen molar-refractivity contribution in [3.8, 4) is 5.75 Å². The number of methoxy groups -OCH3 is 1. The van der Waals surface area contributed by atoms with E-state index in [1.54, 1.807) is 7.11 Å². The average molecular weight is 374 g/mol. The molecule has 0 radical (unpaired) electrons. The van der Waals surface area contributed by atoms with Crippen molar-refractivity contribution in [3.05, 3.63) is 77.9 Å². The molecule has 4 heteroatoms. The molecule has 1 unspecified atom stereocenters. The maximum atomic E-state index is 13.0. The Morgan fingerprint density at radius 3 is 2.68 bits per heavy atom. The minimum absolute atomic E-state index is 0.0684. The number of fused-ring (bicyclic) bond motifs is 1. The first kappa shape index (κ1) is 18.5. The lowest BCUT2D eigenvalue weighted by Crippen LogP contribution is -2.42. The second-order valence-corrected chi connectivity index (χ2v) is 7.30. The van der Waals surface area contributed by atoms with E-state index in [4.69, 9.17) is 4.74 Å². The van der Waals surface area contributed by atoms with Crippen LogP contribution in [-0.2, 0) is 17.9 Å². The third kappa shape index (κ3) is 3.87. The maximum Gasteiger partial charge on any atom is 0.237 e. The fraction of sp³-hybridized carbons (Fsp3) is 0.292. The van der Waals surface area contributed by atoms with E-state index in [2.05, 4.69) is 40.5 Å². The number of amides is 1. The monoisotopic (exact) mass is 374 g/mol. The summed E-state index contributed by atoms with van der Waals surface area (Å²) in [7, 11) is 1.67. The quantitative estimate of drug-likeness (QED) is 0.705. The Hall–Kier alpha value is -2.85. The largest absolute Gasteiger partial charge is 0.496 e. The number of ether oxygens (including phenoxy) is 1. The van der Waals surface area contributed by atoms with E-state index in [0.29, 0.717) is 6.54 Å². The van der Waals surface area contributed by atoms with Crippen molar-refractivity contribution in [2.75, 3.05) is 13.7 Å². The van der Waals surface area contributed by atoms with Crippen molar-refractivity contribution in [1.82, 2.24) is 10.2 Å². The van der Waals surface area contributed by atoms with E-state index in [-0.39, 0.29) is 11.9 Å². The predicted octanol–water partition coefficient (Wildman–Crippen LogP) is 4.13. The van der Waals surface area contributed by atoms with Crippen LogP contribution in [0.1, 0.15) is 24.0 Å². The van der Waals surface area contributed by atoms with Gasteiger partial charge in [-0.25, -0.2) is 0 Å². The molecule has 28 heavy (non-hydrogen) atoms. The lowest BCUT2D eigenvalue weighted by Gasteiger charge is -2.24. The summed E-state index contributed by atoms with van der Waals surface area (Å²) in [6, 6.07) is 22.5. The Bertz CT molecular complexity index is 955. The van der Waals surface area contributed by atoms with E-state index in [1.807, 2.05) is 36.4 Å². The van der Waals surface area contributed by atoms with Crippen LogP contribution in [0.25, 0.3) is 10.8 Å². The Kier molecular flexibility index (Phi) is 5.58. The van der Waals surface area contributed by atoms with Crippen LogP contribution in [0.2, 0.25) is 0 Å². The highest BCUT2D eigenvalue weighted by Crippen LogP contribution is 2.28. The molecular weight excluding hydrogens is 348 g/mol. The lowest BCUT2D eigenvalue weighted by molar-refractivity contribution is -0.125. The summed E-state index contributed by atoms with van der Waals surface area (Å²) in [4.78, 5) is 15.2. The fourth-order valence-electron chi connectivity index (χ4n) is 4.11. The molecule has 0 saturated carbocycles. The van der Waals surface area contributed by atoms with Crippen LogP contribution >= 0.6 is 0 Å². The number of hydrogen-bond acceptors (Lipinski definition) is 3. The first-order valence-electron chi connectivity index (χ1n) is 9.86. The van der Waals surface area contributed by atoms with Gasteiger partial charge in [-0.2, -0.15) is 0 Å². The number of nitrogens with zero attached hydrogens (tertiary/aromatic N) is 1. The molecule has 1 atom stereocenters. The third-order valence-corrected chi connectivity index (χ3v) is 5.55. The second kappa shape index (κ2) is 8.44. The molecule has 1 aliphatic rings. The highest BCUT2D eigenvalue weighted by molar-refractivity contribution is 5.88. The van der Waals surface area contributed by atoms with Crippen LogP contribution in [0.15, 0.2) is 66.7 Å². The molecule has 144 valence electrons. The van der Waals surface area contributed by atoms with Crippen molar-refractivity contribution in [2.24, 2.45) is 0 Å². The molecule has 1 heterocycles. The molecular formula is C24H26N2O2. The van der Waals surface area contributed by atoms with Gasteiger partial charge in [0.25, 0.3) is 0 Å². The number of carbonyl (C=O) groups excluding carboxylic acids is 1. The number of benzene rings is 3. The first-order valence-corrected chi connectivity index (χ1v) is 9.86. The lowest BCUT2D eigenvalue weighted by atomic mass is 10.0. The van der Waals surface area contributed by atoms with Crippen molar-refractivity contribution < 1.29 is 9.53 Å². The number of hydrogen-bond donors (Lipinski definition) is 1. The molecule has 1 aliphatic heterocycles. The van der Waals surface area contributed by atoms with Gasteiger partial charge in [0.05, 0.1) is 13.2 Å². The fourth-order valence-corrected chi connectivity index (χ4v) is 4.11. The van der Waals surface area contributed by atoms with Crippen LogP contribution in [-0.4, -0.2) is 30.5 Å². The van der Waals surface area contributed by atoms with Gasteiger partial charge in [0.15, 0.2) is 0 Å². The number of rotatable bonds is 6. The molecule has 1 amide bonds. The molecule has 1 saturated heterocycles. The van der Waals surface area contributed by atoms with Gasteiger partial charge in [-0.15, -0.1) is 0 Å². The summed E-state index contributed by atoms with van der Waals surface area (Å²) in [6.07, 6.45) is 1.97. The minimum Gasteiger partial charge on any atom is -0.496 e. The van der Waals surface area contributed by atoms with Gasteiger partial charge in [-0.05, 0) is 41.8 Å². The smallest absolute Gasteiger partial charge is 0.237 e. The van der Waals surface area contributed by atoms with Crippen LogP contribution in [0.3, 0.4) is 0 Å². The second-order valence-electron chi connectivity index (χ2n) is 7.30. The summed E-state index contributed by atoms with van der Waals surface area (Å²) in [5.74, 6) is 0.912. The van der Waals surface area contributed by atoms with E-state index in [9.17, 15) is 4.79 Å². The van der Waals surface area contributed by atoms with Gasteiger partial charge in [-0.1, -0.05) is 60.7 Å².